The molecule has 1 aromatic heterocycles. The Labute approximate surface area is 212 Å². The van der Waals surface area contributed by atoms with Gasteiger partial charge in [0, 0.05) is 24.2 Å². The largest absolute Gasteiger partial charge is 0.493 e. The Morgan fingerprint density at radius 1 is 1.12 bits per heavy atom. The van der Waals surface area contributed by atoms with Crippen LogP contribution in [0, 0.1) is 10.1 Å². The Morgan fingerprint density at radius 2 is 1.76 bits per heavy atom. The number of amides is 1. The van der Waals surface area contributed by atoms with Crippen LogP contribution in [0.25, 0.3) is 10.2 Å². The lowest BCUT2D eigenvalue weighted by Gasteiger charge is -2.25. The lowest BCUT2D eigenvalue weighted by atomic mass is 10.1. The van der Waals surface area contributed by atoms with Crippen LogP contribution < -0.4 is 14.4 Å². The molecule has 2 aromatic carbocycles. The molecule has 0 aliphatic rings. The van der Waals surface area contributed by atoms with Crippen molar-refractivity contribution in [2.45, 2.75) is 13.8 Å². The van der Waals surface area contributed by atoms with Crippen LogP contribution in [-0.4, -0.2) is 61.1 Å². The number of carbonyl (C=O) groups excluding carboxylic acids is 1. The minimum Gasteiger partial charge on any atom is -0.493 e. The predicted molar refractivity (Wildman–Crippen MR) is 138 cm³/mol. The van der Waals surface area contributed by atoms with Crippen molar-refractivity contribution in [3.8, 4) is 11.5 Å². The van der Waals surface area contributed by atoms with Gasteiger partial charge in [0.15, 0.2) is 16.6 Å². The molecule has 0 aliphatic heterocycles. The van der Waals surface area contributed by atoms with Crippen LogP contribution in [0.2, 0.25) is 5.02 Å². The van der Waals surface area contributed by atoms with E-state index in [0.29, 0.717) is 28.8 Å². The number of thiazole rings is 1. The van der Waals surface area contributed by atoms with E-state index in [9.17, 15) is 14.9 Å². The Bertz CT molecular complexity index is 1170. The molecule has 0 radical (unpaired) electrons. The summed E-state index contributed by atoms with van der Waals surface area (Å²) in [5.41, 5.74) is 0.228. The van der Waals surface area contributed by atoms with E-state index in [0.717, 1.165) is 17.8 Å². The zero-order valence-corrected chi connectivity index (χ0v) is 21.6. The number of carbonyl (C=O) groups is 1. The van der Waals surface area contributed by atoms with Crippen LogP contribution in [0.1, 0.15) is 24.2 Å². The molecule has 0 aliphatic carbocycles. The summed E-state index contributed by atoms with van der Waals surface area (Å²) in [4.78, 5) is 33.1. The van der Waals surface area contributed by atoms with Crippen LogP contribution in [0.15, 0.2) is 30.3 Å². The van der Waals surface area contributed by atoms with Gasteiger partial charge in [-0.1, -0.05) is 36.8 Å². The van der Waals surface area contributed by atoms with Crippen LogP contribution in [0.3, 0.4) is 0 Å². The number of fused-ring (bicyclic) bond motifs is 1. The number of nitro benzene ring substituents is 1. The molecule has 9 nitrogen and oxygen atoms in total. The van der Waals surface area contributed by atoms with Crippen LogP contribution in [0.4, 0.5) is 10.8 Å². The van der Waals surface area contributed by atoms with Crippen molar-refractivity contribution in [1.29, 1.82) is 0 Å². The Kier molecular flexibility index (Phi) is 9.87. The predicted octanol–water partition coefficient (Wildman–Crippen LogP) is 5.29. The molecule has 0 unspecified atom stereocenters. The smallest absolute Gasteiger partial charge is 0.286 e. The fraction of sp³-hybridized carbons (Fsp3) is 0.364. The minimum atomic E-state index is -0.601. The van der Waals surface area contributed by atoms with Gasteiger partial charge in [-0.25, -0.2) is 4.98 Å². The third-order valence-electron chi connectivity index (χ3n) is 5.28. The molecule has 0 fully saturated rings. The lowest BCUT2D eigenvalue weighted by Crippen LogP contribution is -2.39. The monoisotopic (exact) mass is 528 g/mol. The first-order valence-corrected chi connectivity index (χ1v) is 11.5. The van der Waals surface area contributed by atoms with Crippen molar-refractivity contribution >= 4 is 62.3 Å². The highest BCUT2D eigenvalue weighted by Crippen LogP contribution is 2.37. The number of likely N-dealkylation sites (N-methyl/N-ethyl adjacent to an activating group) is 1. The molecule has 0 bridgehead atoms. The Hall–Kier alpha value is -2.66. The molecule has 1 amide bonds. The van der Waals surface area contributed by atoms with Gasteiger partial charge in [0.25, 0.3) is 11.6 Å². The molecule has 3 rings (SSSR count). The quantitative estimate of drug-likeness (QED) is 0.260. The van der Waals surface area contributed by atoms with Gasteiger partial charge < -0.3 is 14.4 Å². The number of aromatic nitrogens is 1. The van der Waals surface area contributed by atoms with Crippen molar-refractivity contribution in [3.63, 3.8) is 0 Å². The summed E-state index contributed by atoms with van der Waals surface area (Å²) in [6, 6.07) is 7.84. The SMILES string of the molecule is CCN(CC)CCN(C(=O)c1cc(OC)c(OC)cc1[N+](=O)[O-])c1nc2ccc(Cl)cc2s1.Cl. The van der Waals surface area contributed by atoms with E-state index in [2.05, 4.69) is 9.88 Å². The summed E-state index contributed by atoms with van der Waals surface area (Å²) < 4.78 is 11.3. The zero-order chi connectivity index (χ0) is 24.1. The highest BCUT2D eigenvalue weighted by molar-refractivity contribution is 7.22. The molecule has 184 valence electrons. The first-order chi connectivity index (χ1) is 15.8. The minimum absolute atomic E-state index is 0. The van der Waals surface area contributed by atoms with Gasteiger partial charge >= 0.3 is 0 Å². The van der Waals surface area contributed by atoms with Crippen molar-refractivity contribution in [2.24, 2.45) is 0 Å². The molecule has 3 aromatic rings. The maximum absolute atomic E-state index is 13.7. The number of ether oxygens (including phenoxy) is 2. The second-order valence-electron chi connectivity index (χ2n) is 7.07. The molecular weight excluding hydrogens is 503 g/mol. The fourth-order valence-corrected chi connectivity index (χ4v) is 4.67. The summed E-state index contributed by atoms with van der Waals surface area (Å²) in [5.74, 6) is -0.142. The average molecular weight is 529 g/mol. The molecule has 0 saturated heterocycles. The van der Waals surface area contributed by atoms with Gasteiger partial charge in [0.05, 0.1) is 35.4 Å². The van der Waals surface area contributed by atoms with Gasteiger partial charge in [-0.15, -0.1) is 12.4 Å². The van der Waals surface area contributed by atoms with E-state index in [1.165, 1.54) is 42.6 Å². The molecule has 34 heavy (non-hydrogen) atoms. The number of rotatable bonds is 10. The van der Waals surface area contributed by atoms with E-state index in [4.69, 9.17) is 21.1 Å². The molecule has 12 heteroatoms. The number of hydrogen-bond acceptors (Lipinski definition) is 8. The highest BCUT2D eigenvalue weighted by Gasteiger charge is 2.30. The van der Waals surface area contributed by atoms with Crippen LogP contribution in [-0.2, 0) is 0 Å². The zero-order valence-electron chi connectivity index (χ0n) is 19.2. The number of methoxy groups -OCH3 is 2. The van der Waals surface area contributed by atoms with Gasteiger partial charge in [-0.05, 0) is 31.3 Å². The van der Waals surface area contributed by atoms with Gasteiger partial charge in [0.2, 0.25) is 0 Å². The molecule has 0 atom stereocenters. The van der Waals surface area contributed by atoms with Crippen LogP contribution >= 0.6 is 35.3 Å². The fourth-order valence-electron chi connectivity index (χ4n) is 3.40. The van der Waals surface area contributed by atoms with E-state index in [1.807, 2.05) is 13.8 Å². The molecule has 0 saturated carbocycles. The number of nitro groups is 1. The number of anilines is 1. The van der Waals surface area contributed by atoms with E-state index in [1.54, 1.807) is 18.2 Å². The first-order valence-electron chi connectivity index (χ1n) is 10.3. The second kappa shape index (κ2) is 12.2. The molecular formula is C22H26Cl2N4O5S. The topological polar surface area (TPSA) is 98.0 Å². The summed E-state index contributed by atoms with van der Waals surface area (Å²) >= 11 is 7.42. The third-order valence-corrected chi connectivity index (χ3v) is 6.55. The summed E-state index contributed by atoms with van der Waals surface area (Å²) in [7, 11) is 2.79. The van der Waals surface area contributed by atoms with E-state index < -0.39 is 10.8 Å². The molecule has 0 spiro atoms. The average Bonchev–Trinajstić information content (AvgIpc) is 3.23. The first kappa shape index (κ1) is 27.6. The summed E-state index contributed by atoms with van der Waals surface area (Å²) in [6.07, 6.45) is 0. The van der Waals surface area contributed by atoms with Crippen molar-refractivity contribution < 1.29 is 19.2 Å². The van der Waals surface area contributed by atoms with Gasteiger partial charge in [-0.3, -0.25) is 19.8 Å². The maximum atomic E-state index is 13.7. The van der Waals surface area contributed by atoms with Gasteiger partial charge in [-0.2, -0.15) is 0 Å². The second-order valence-corrected chi connectivity index (χ2v) is 8.52. The normalized spacial score (nSPS) is 10.8. The molecule has 1 heterocycles. The van der Waals surface area contributed by atoms with Gasteiger partial charge in [0.1, 0.15) is 5.56 Å². The summed E-state index contributed by atoms with van der Waals surface area (Å²) in [5, 5.41) is 12.8. The maximum Gasteiger partial charge on any atom is 0.286 e. The number of benzene rings is 2. The van der Waals surface area contributed by atoms with E-state index in [-0.39, 0.29) is 35.2 Å². The van der Waals surface area contributed by atoms with Crippen molar-refractivity contribution in [1.82, 2.24) is 9.88 Å². The Morgan fingerprint density at radius 3 is 2.35 bits per heavy atom. The van der Waals surface area contributed by atoms with Crippen molar-refractivity contribution in [2.75, 3.05) is 45.3 Å². The number of halogens is 2. The molecule has 0 N–H and O–H groups in total. The van der Waals surface area contributed by atoms with Crippen LogP contribution in [0.5, 0.6) is 11.5 Å². The van der Waals surface area contributed by atoms with E-state index >= 15 is 0 Å². The number of hydrogen-bond donors (Lipinski definition) is 0. The number of nitrogens with zero attached hydrogens (tertiary/aromatic N) is 4. The van der Waals surface area contributed by atoms with Crippen molar-refractivity contribution in [3.05, 3.63) is 51.0 Å². The Balaban J connectivity index is 0.00000408. The standard InChI is InChI=1S/C22H25ClN4O5S.ClH/c1-5-25(6-2)9-10-26(22-24-16-8-7-14(23)11-20(16)33-22)21(28)15-12-18(31-3)19(32-4)13-17(15)27(29)30;/h7-8,11-13H,5-6,9-10H2,1-4H3;1H. The summed E-state index contributed by atoms with van der Waals surface area (Å²) in [6.45, 7) is 6.58. The highest BCUT2D eigenvalue weighted by atomic mass is 35.5. The lowest BCUT2D eigenvalue weighted by molar-refractivity contribution is -0.385. The third kappa shape index (κ3) is 5.87.